The Balaban J connectivity index is 2.41. The molecule has 2 fully saturated rings. The van der Waals surface area contributed by atoms with Crippen LogP contribution in [0.15, 0.2) is 0 Å². The maximum Gasteiger partial charge on any atom is 0.311 e. The molecular formula is C16H26O6. The summed E-state index contributed by atoms with van der Waals surface area (Å²) in [6.45, 7) is 10.8. The largest absolute Gasteiger partial charge is 0.481 e. The standard InChI is InChI=1S/C16H26O6/c1-7-8(17)9-11(20-15(2,3)4)10(14(18)19)13-12(9)21-16(5,6)22-13/h9-13H,7H2,1-6H3,(H,18,19)/t9-,10+,11+,12+,13-/m1/s1. The van der Waals surface area contributed by atoms with Crippen molar-refractivity contribution in [2.24, 2.45) is 11.8 Å². The zero-order valence-electron chi connectivity index (χ0n) is 14.1. The minimum absolute atomic E-state index is 0.0469. The van der Waals surface area contributed by atoms with Crippen molar-refractivity contribution in [2.75, 3.05) is 0 Å². The van der Waals surface area contributed by atoms with Crippen molar-refractivity contribution >= 4 is 11.8 Å². The van der Waals surface area contributed by atoms with Crippen LogP contribution in [0.3, 0.4) is 0 Å². The average Bonchev–Trinajstić information content (AvgIpc) is 2.75. The Morgan fingerprint density at radius 3 is 2.05 bits per heavy atom. The summed E-state index contributed by atoms with van der Waals surface area (Å²) in [6, 6.07) is 0. The van der Waals surface area contributed by atoms with Crippen molar-refractivity contribution in [1.82, 2.24) is 0 Å². The third-order valence-corrected chi connectivity index (χ3v) is 4.07. The Morgan fingerprint density at radius 2 is 1.64 bits per heavy atom. The molecule has 2 rings (SSSR count). The van der Waals surface area contributed by atoms with Gasteiger partial charge in [0.1, 0.15) is 23.9 Å². The molecule has 6 heteroatoms. The normalized spacial score (nSPS) is 37.1. The van der Waals surface area contributed by atoms with E-state index in [0.29, 0.717) is 6.42 Å². The minimum Gasteiger partial charge on any atom is -0.481 e. The van der Waals surface area contributed by atoms with Gasteiger partial charge in [-0.05, 0) is 34.6 Å². The van der Waals surface area contributed by atoms with Gasteiger partial charge in [0, 0.05) is 6.42 Å². The third kappa shape index (κ3) is 3.19. The molecule has 0 unspecified atom stereocenters. The lowest BCUT2D eigenvalue weighted by atomic mass is 9.93. The van der Waals surface area contributed by atoms with Crippen LogP contribution in [0.4, 0.5) is 0 Å². The molecule has 0 aromatic heterocycles. The summed E-state index contributed by atoms with van der Waals surface area (Å²) in [4.78, 5) is 24.2. The number of carboxylic acid groups (broad SMARTS) is 1. The SMILES string of the molecule is CCC(=O)[C@@H]1[C@H](OC(C)(C)C)[C@H](C(=O)O)[C@H]2OC(C)(C)O[C@H]21. The fraction of sp³-hybridized carbons (Fsp3) is 0.875. The van der Waals surface area contributed by atoms with Crippen molar-refractivity contribution < 1.29 is 28.9 Å². The molecule has 1 aliphatic carbocycles. The van der Waals surface area contributed by atoms with E-state index >= 15 is 0 Å². The van der Waals surface area contributed by atoms with Gasteiger partial charge in [0.2, 0.25) is 0 Å². The highest BCUT2D eigenvalue weighted by Gasteiger charge is 2.64. The van der Waals surface area contributed by atoms with Crippen LogP contribution in [-0.2, 0) is 23.8 Å². The van der Waals surface area contributed by atoms with E-state index in [0.717, 1.165) is 0 Å². The molecule has 0 amide bonds. The van der Waals surface area contributed by atoms with Crippen molar-refractivity contribution in [3.05, 3.63) is 0 Å². The third-order valence-electron chi connectivity index (χ3n) is 4.07. The van der Waals surface area contributed by atoms with Crippen molar-refractivity contribution in [3.8, 4) is 0 Å². The van der Waals surface area contributed by atoms with Gasteiger partial charge in [-0.2, -0.15) is 0 Å². The van der Waals surface area contributed by atoms with E-state index in [2.05, 4.69) is 0 Å². The molecule has 0 bridgehead atoms. The molecule has 1 heterocycles. The first-order valence-corrected chi connectivity index (χ1v) is 7.76. The number of rotatable bonds is 4. The summed E-state index contributed by atoms with van der Waals surface area (Å²) in [6.07, 6.45) is -1.67. The van der Waals surface area contributed by atoms with Gasteiger partial charge < -0.3 is 19.3 Å². The van der Waals surface area contributed by atoms with E-state index in [-0.39, 0.29) is 5.78 Å². The summed E-state index contributed by atoms with van der Waals surface area (Å²) >= 11 is 0. The summed E-state index contributed by atoms with van der Waals surface area (Å²) < 4.78 is 17.6. The van der Waals surface area contributed by atoms with Crippen molar-refractivity contribution in [1.29, 1.82) is 0 Å². The number of carbonyl (C=O) groups excluding carboxylic acids is 1. The van der Waals surface area contributed by atoms with Gasteiger partial charge >= 0.3 is 5.97 Å². The maximum atomic E-state index is 12.4. The molecule has 5 atom stereocenters. The molecule has 0 aromatic rings. The van der Waals surface area contributed by atoms with E-state index < -0.39 is 47.5 Å². The highest BCUT2D eigenvalue weighted by atomic mass is 16.8. The number of hydrogen-bond donors (Lipinski definition) is 1. The number of Topliss-reactive ketones (excluding diaryl/α,β-unsaturated/α-hetero) is 1. The zero-order chi connectivity index (χ0) is 16.9. The molecular weight excluding hydrogens is 288 g/mol. The second-order valence-corrected chi connectivity index (χ2v) is 7.47. The molecule has 1 N–H and O–H groups in total. The van der Waals surface area contributed by atoms with Crippen LogP contribution in [0.25, 0.3) is 0 Å². The molecule has 1 saturated carbocycles. The summed E-state index contributed by atoms with van der Waals surface area (Å²) in [7, 11) is 0. The Hall–Kier alpha value is -0.980. The highest BCUT2D eigenvalue weighted by Crippen LogP contribution is 2.47. The van der Waals surface area contributed by atoms with Gasteiger partial charge in [-0.15, -0.1) is 0 Å². The van der Waals surface area contributed by atoms with Crippen molar-refractivity contribution in [2.45, 2.75) is 77.7 Å². The fourth-order valence-electron chi connectivity index (χ4n) is 3.41. The predicted molar refractivity (Wildman–Crippen MR) is 78.4 cm³/mol. The van der Waals surface area contributed by atoms with Gasteiger partial charge in [0.25, 0.3) is 0 Å². The first kappa shape index (κ1) is 17.4. The number of fused-ring (bicyclic) bond motifs is 1. The van der Waals surface area contributed by atoms with Crippen LogP contribution in [0.5, 0.6) is 0 Å². The van der Waals surface area contributed by atoms with Gasteiger partial charge in [0.05, 0.1) is 17.6 Å². The lowest BCUT2D eigenvalue weighted by Crippen LogP contribution is -2.43. The van der Waals surface area contributed by atoms with Gasteiger partial charge in [0.15, 0.2) is 5.79 Å². The molecule has 6 nitrogen and oxygen atoms in total. The number of carboxylic acids is 1. The molecule has 1 saturated heterocycles. The topological polar surface area (TPSA) is 82.1 Å². The second kappa shape index (κ2) is 5.58. The molecule has 1 aliphatic heterocycles. The Bertz CT molecular complexity index is 464. The number of aliphatic carboxylic acids is 1. The molecule has 2 aliphatic rings. The van der Waals surface area contributed by atoms with Crippen LogP contribution in [0.2, 0.25) is 0 Å². The van der Waals surface area contributed by atoms with Crippen molar-refractivity contribution in [3.63, 3.8) is 0 Å². The van der Waals surface area contributed by atoms with Crippen LogP contribution in [-0.4, -0.2) is 46.6 Å². The van der Waals surface area contributed by atoms with Gasteiger partial charge in [-0.25, -0.2) is 0 Å². The first-order chi connectivity index (χ1) is 9.97. The maximum absolute atomic E-state index is 12.4. The second-order valence-electron chi connectivity index (χ2n) is 7.47. The fourth-order valence-corrected chi connectivity index (χ4v) is 3.41. The zero-order valence-corrected chi connectivity index (χ0v) is 14.1. The summed E-state index contributed by atoms with van der Waals surface area (Å²) in [5.74, 6) is -3.47. The predicted octanol–water partition coefficient (Wildman–Crippen LogP) is 2.00. The molecule has 0 aromatic carbocycles. The smallest absolute Gasteiger partial charge is 0.311 e. The molecule has 0 spiro atoms. The van der Waals surface area contributed by atoms with E-state index in [4.69, 9.17) is 14.2 Å². The summed E-state index contributed by atoms with van der Waals surface area (Å²) in [5.41, 5.74) is -0.557. The lowest BCUT2D eigenvalue weighted by Gasteiger charge is -2.33. The van der Waals surface area contributed by atoms with Crippen LogP contribution >= 0.6 is 0 Å². The number of carbonyl (C=O) groups is 2. The van der Waals surface area contributed by atoms with E-state index in [1.807, 2.05) is 20.8 Å². The lowest BCUT2D eigenvalue weighted by molar-refractivity contribution is -0.194. The summed E-state index contributed by atoms with van der Waals surface area (Å²) in [5, 5.41) is 9.64. The average molecular weight is 314 g/mol. The number of ketones is 1. The highest BCUT2D eigenvalue weighted by molar-refractivity contribution is 5.85. The number of hydrogen-bond acceptors (Lipinski definition) is 5. The molecule has 126 valence electrons. The van der Waals surface area contributed by atoms with Crippen LogP contribution in [0, 0.1) is 11.8 Å². The van der Waals surface area contributed by atoms with Gasteiger partial charge in [-0.3, -0.25) is 9.59 Å². The minimum atomic E-state index is -1.02. The Kier molecular flexibility index (Phi) is 4.41. The van der Waals surface area contributed by atoms with Gasteiger partial charge in [-0.1, -0.05) is 6.92 Å². The van der Waals surface area contributed by atoms with E-state index in [1.54, 1.807) is 20.8 Å². The molecule has 22 heavy (non-hydrogen) atoms. The quantitative estimate of drug-likeness (QED) is 0.854. The van der Waals surface area contributed by atoms with Crippen LogP contribution < -0.4 is 0 Å². The number of ether oxygens (including phenoxy) is 3. The Morgan fingerprint density at radius 1 is 1.14 bits per heavy atom. The molecule has 0 radical (unpaired) electrons. The monoisotopic (exact) mass is 314 g/mol. The van der Waals surface area contributed by atoms with Crippen LogP contribution in [0.1, 0.15) is 48.0 Å². The van der Waals surface area contributed by atoms with E-state index in [9.17, 15) is 14.7 Å². The van der Waals surface area contributed by atoms with E-state index in [1.165, 1.54) is 0 Å². The Labute approximate surface area is 131 Å². The first-order valence-electron chi connectivity index (χ1n) is 7.76.